The largest absolute Gasteiger partial charge is 0.395 e. The van der Waals surface area contributed by atoms with E-state index >= 15 is 0 Å². The number of aliphatic hydroxyl groups excluding tert-OH is 1. The summed E-state index contributed by atoms with van der Waals surface area (Å²) in [7, 11) is 0. The van der Waals surface area contributed by atoms with Crippen LogP contribution in [0.15, 0.2) is 27.6 Å². The zero-order valence-electron chi connectivity index (χ0n) is 10.8. The van der Waals surface area contributed by atoms with Gasteiger partial charge in [-0.25, -0.2) is 0 Å². The summed E-state index contributed by atoms with van der Waals surface area (Å²) in [6.45, 7) is 1.80. The minimum atomic E-state index is -0.250. The fourth-order valence-electron chi connectivity index (χ4n) is 1.61. The van der Waals surface area contributed by atoms with Gasteiger partial charge in [0.25, 0.3) is 5.56 Å². The summed E-state index contributed by atoms with van der Waals surface area (Å²) in [5, 5.41) is 11.9. The van der Waals surface area contributed by atoms with Crippen LogP contribution >= 0.6 is 27.7 Å². The van der Waals surface area contributed by atoms with Gasteiger partial charge in [-0.2, -0.15) is 11.8 Å². The van der Waals surface area contributed by atoms with E-state index in [4.69, 9.17) is 5.11 Å². The zero-order chi connectivity index (χ0) is 14.4. The molecule has 0 aliphatic rings. The monoisotopic (exact) mass is 348 g/mol. The van der Waals surface area contributed by atoms with Crippen LogP contribution in [0.5, 0.6) is 0 Å². The third-order valence-corrected chi connectivity index (χ3v) is 4.32. The Labute approximate surface area is 124 Å². The maximum Gasteiger partial charge on any atom is 0.251 e. The molecule has 2 N–H and O–H groups in total. The minimum absolute atomic E-state index is 0.000549. The number of rotatable bonds is 6. The van der Waals surface area contributed by atoms with E-state index in [9.17, 15) is 9.59 Å². The predicted molar refractivity (Wildman–Crippen MR) is 80.4 cm³/mol. The number of nitrogens with one attached hydrogen (secondary N) is 1. The summed E-state index contributed by atoms with van der Waals surface area (Å²) in [5.74, 6) is -0.250. The van der Waals surface area contributed by atoms with E-state index in [1.807, 2.05) is 13.2 Å². The molecule has 2 unspecified atom stereocenters. The number of aliphatic hydroxyl groups is 1. The van der Waals surface area contributed by atoms with Crippen LogP contribution in [0.2, 0.25) is 0 Å². The Morgan fingerprint density at radius 3 is 2.84 bits per heavy atom. The SMILES string of the molecule is CSC(CO)C(C)NC(=O)Cn1cc(Br)ccc1=O. The molecule has 0 bridgehead atoms. The van der Waals surface area contributed by atoms with E-state index in [0.717, 1.165) is 4.47 Å². The van der Waals surface area contributed by atoms with Crippen molar-refractivity contribution in [2.45, 2.75) is 24.8 Å². The maximum absolute atomic E-state index is 11.8. The summed E-state index contributed by atoms with van der Waals surface area (Å²) in [4.78, 5) is 23.4. The smallest absolute Gasteiger partial charge is 0.251 e. The van der Waals surface area contributed by atoms with Crippen molar-refractivity contribution in [1.82, 2.24) is 9.88 Å². The summed E-state index contributed by atoms with van der Waals surface area (Å²) in [5.41, 5.74) is -0.227. The summed E-state index contributed by atoms with van der Waals surface area (Å²) in [6.07, 6.45) is 3.45. The lowest BCUT2D eigenvalue weighted by Gasteiger charge is -2.21. The average Bonchev–Trinajstić information content (AvgIpc) is 2.35. The van der Waals surface area contributed by atoms with Crippen molar-refractivity contribution in [1.29, 1.82) is 0 Å². The van der Waals surface area contributed by atoms with Crippen LogP contribution in [0, 0.1) is 0 Å². The highest BCUT2D eigenvalue weighted by Crippen LogP contribution is 2.10. The van der Waals surface area contributed by atoms with Gasteiger partial charge in [0, 0.05) is 28.0 Å². The second-order valence-electron chi connectivity index (χ2n) is 4.13. The van der Waals surface area contributed by atoms with Gasteiger partial charge in [-0.15, -0.1) is 0 Å². The molecule has 0 aliphatic heterocycles. The van der Waals surface area contributed by atoms with Crippen molar-refractivity contribution in [3.63, 3.8) is 0 Å². The van der Waals surface area contributed by atoms with Crippen molar-refractivity contribution in [2.24, 2.45) is 0 Å². The molecule has 1 aromatic heterocycles. The molecule has 0 fully saturated rings. The molecule has 5 nitrogen and oxygen atoms in total. The molecule has 0 saturated heterocycles. The highest BCUT2D eigenvalue weighted by molar-refractivity contribution is 9.10. The molecule has 0 radical (unpaired) electrons. The van der Waals surface area contributed by atoms with Gasteiger partial charge in [-0.1, -0.05) is 0 Å². The Bertz CT molecular complexity index is 488. The quantitative estimate of drug-likeness (QED) is 0.799. The van der Waals surface area contributed by atoms with Crippen molar-refractivity contribution < 1.29 is 9.90 Å². The molecule has 7 heteroatoms. The first-order chi connectivity index (χ1) is 8.97. The molecule has 106 valence electrons. The summed E-state index contributed by atoms with van der Waals surface area (Å²) >= 11 is 4.75. The highest BCUT2D eigenvalue weighted by atomic mass is 79.9. The molecule has 1 rings (SSSR count). The third kappa shape index (κ3) is 5.00. The zero-order valence-corrected chi connectivity index (χ0v) is 13.2. The number of hydrogen-bond donors (Lipinski definition) is 2. The van der Waals surface area contributed by atoms with E-state index in [0.29, 0.717) is 0 Å². The summed E-state index contributed by atoms with van der Waals surface area (Å²) < 4.78 is 2.07. The minimum Gasteiger partial charge on any atom is -0.395 e. The second kappa shape index (κ2) is 7.72. The first kappa shape index (κ1) is 16.3. The number of hydrogen-bond acceptors (Lipinski definition) is 4. The number of carbonyl (C=O) groups is 1. The van der Waals surface area contributed by atoms with Crippen molar-refractivity contribution in [3.05, 3.63) is 33.2 Å². The van der Waals surface area contributed by atoms with Gasteiger partial charge >= 0.3 is 0 Å². The normalized spacial score (nSPS) is 13.9. The standard InChI is InChI=1S/C12H17BrN2O3S/c1-8(10(7-16)19-2)14-11(17)6-15-5-9(13)3-4-12(15)18/h3-5,8,10,16H,6-7H2,1-2H3,(H,14,17). The molecule has 1 amide bonds. The van der Waals surface area contributed by atoms with Crippen LogP contribution in [0.4, 0.5) is 0 Å². The van der Waals surface area contributed by atoms with Crippen LogP contribution in [-0.4, -0.2) is 39.7 Å². The van der Waals surface area contributed by atoms with E-state index in [1.54, 1.807) is 12.3 Å². The van der Waals surface area contributed by atoms with E-state index in [2.05, 4.69) is 21.2 Å². The number of pyridine rings is 1. The van der Waals surface area contributed by atoms with Gasteiger partial charge in [-0.05, 0) is 35.2 Å². The first-order valence-electron chi connectivity index (χ1n) is 5.77. The lowest BCUT2D eigenvalue weighted by Crippen LogP contribution is -2.43. The number of aromatic nitrogens is 1. The molecular weight excluding hydrogens is 332 g/mol. The van der Waals surface area contributed by atoms with Gasteiger partial charge < -0.3 is 15.0 Å². The Morgan fingerprint density at radius 2 is 2.26 bits per heavy atom. The Hall–Kier alpha value is -0.790. The molecule has 1 heterocycles. The number of thioether (sulfide) groups is 1. The van der Waals surface area contributed by atoms with Crippen LogP contribution in [0.1, 0.15) is 6.92 Å². The lowest BCUT2D eigenvalue weighted by molar-refractivity contribution is -0.122. The predicted octanol–water partition coefficient (Wildman–Crippen LogP) is 0.839. The van der Waals surface area contributed by atoms with Crippen molar-refractivity contribution in [2.75, 3.05) is 12.9 Å². The summed E-state index contributed by atoms with van der Waals surface area (Å²) in [6, 6.07) is 2.88. The van der Waals surface area contributed by atoms with E-state index < -0.39 is 0 Å². The van der Waals surface area contributed by atoms with E-state index in [-0.39, 0.29) is 35.9 Å². The van der Waals surface area contributed by atoms with Gasteiger partial charge in [0.05, 0.1) is 6.61 Å². The molecule has 0 spiro atoms. The van der Waals surface area contributed by atoms with Gasteiger partial charge in [0.1, 0.15) is 6.54 Å². The Kier molecular flexibility index (Phi) is 6.60. The number of amides is 1. The fraction of sp³-hybridized carbons (Fsp3) is 0.500. The van der Waals surface area contributed by atoms with Crippen LogP contribution in [-0.2, 0) is 11.3 Å². The molecular formula is C12H17BrN2O3S. The molecule has 1 aromatic rings. The maximum atomic E-state index is 11.8. The number of nitrogens with zero attached hydrogens (tertiary/aromatic N) is 1. The average molecular weight is 349 g/mol. The fourth-order valence-corrected chi connectivity index (χ4v) is 2.61. The van der Waals surface area contributed by atoms with Gasteiger partial charge in [0.15, 0.2) is 0 Å². The number of halogens is 1. The third-order valence-electron chi connectivity index (χ3n) is 2.69. The molecule has 19 heavy (non-hydrogen) atoms. The van der Waals surface area contributed by atoms with Crippen LogP contribution < -0.4 is 10.9 Å². The molecule has 0 saturated carbocycles. The molecule has 0 aliphatic carbocycles. The van der Waals surface area contributed by atoms with Crippen molar-refractivity contribution >= 4 is 33.6 Å². The molecule has 0 aromatic carbocycles. The highest BCUT2D eigenvalue weighted by Gasteiger charge is 2.17. The topological polar surface area (TPSA) is 71.3 Å². The Balaban J connectivity index is 2.65. The van der Waals surface area contributed by atoms with Crippen LogP contribution in [0.3, 0.4) is 0 Å². The van der Waals surface area contributed by atoms with Gasteiger partial charge in [-0.3, -0.25) is 9.59 Å². The number of carbonyl (C=O) groups excluding carboxylic acids is 1. The van der Waals surface area contributed by atoms with E-state index in [1.165, 1.54) is 22.4 Å². The Morgan fingerprint density at radius 1 is 1.58 bits per heavy atom. The molecule has 2 atom stereocenters. The first-order valence-corrected chi connectivity index (χ1v) is 7.85. The second-order valence-corrected chi connectivity index (χ2v) is 6.12. The van der Waals surface area contributed by atoms with Gasteiger partial charge in [0.2, 0.25) is 5.91 Å². The van der Waals surface area contributed by atoms with Crippen LogP contribution in [0.25, 0.3) is 0 Å². The lowest BCUT2D eigenvalue weighted by atomic mass is 10.2. The van der Waals surface area contributed by atoms with Crippen molar-refractivity contribution in [3.8, 4) is 0 Å².